The molecule has 1 amide bonds. The van der Waals surface area contributed by atoms with Crippen molar-refractivity contribution in [1.29, 1.82) is 0 Å². The Morgan fingerprint density at radius 1 is 1.22 bits per heavy atom. The average molecular weight is 366 g/mol. The van der Waals surface area contributed by atoms with Crippen molar-refractivity contribution in [3.8, 4) is 0 Å². The van der Waals surface area contributed by atoms with Gasteiger partial charge >= 0.3 is 6.09 Å². The van der Waals surface area contributed by atoms with Crippen molar-refractivity contribution in [2.45, 2.75) is 46.3 Å². The predicted octanol–water partition coefficient (Wildman–Crippen LogP) is 4.16. The molecule has 1 aromatic carbocycles. The van der Waals surface area contributed by atoms with Crippen LogP contribution in [0.15, 0.2) is 42.6 Å². The van der Waals surface area contributed by atoms with Gasteiger partial charge in [0.2, 0.25) is 0 Å². The first-order valence-electron chi connectivity index (χ1n) is 9.07. The zero-order chi connectivity index (χ0) is 19.6. The van der Waals surface area contributed by atoms with Gasteiger partial charge in [-0.3, -0.25) is 0 Å². The van der Waals surface area contributed by atoms with Crippen LogP contribution in [0.25, 0.3) is 11.0 Å². The Kier molecular flexibility index (Phi) is 5.17. The third-order valence-corrected chi connectivity index (χ3v) is 4.22. The summed E-state index contributed by atoms with van der Waals surface area (Å²) in [5, 5.41) is 3.89. The summed E-state index contributed by atoms with van der Waals surface area (Å²) in [4.78, 5) is 21.1. The van der Waals surface area contributed by atoms with E-state index >= 15 is 0 Å². The van der Waals surface area contributed by atoms with Crippen LogP contribution in [0, 0.1) is 13.8 Å². The van der Waals surface area contributed by atoms with Gasteiger partial charge in [-0.05, 0) is 46.2 Å². The number of nitrogens with one attached hydrogen (secondary N) is 1. The molecule has 27 heavy (non-hydrogen) atoms. The molecule has 1 N–H and O–H groups in total. The summed E-state index contributed by atoms with van der Waals surface area (Å²) >= 11 is 0. The Balaban J connectivity index is 1.98. The number of alkyl carbamates (subject to hydrolysis) is 1. The van der Waals surface area contributed by atoms with E-state index in [0.29, 0.717) is 12.4 Å². The van der Waals surface area contributed by atoms with E-state index in [9.17, 15) is 4.79 Å². The smallest absolute Gasteiger partial charge is 0.407 e. The van der Waals surface area contributed by atoms with Gasteiger partial charge in [-0.15, -0.1) is 0 Å². The van der Waals surface area contributed by atoms with Gasteiger partial charge in [0.05, 0.1) is 6.04 Å². The van der Waals surface area contributed by atoms with Crippen LogP contribution in [0.5, 0.6) is 0 Å². The number of fused-ring (bicyclic) bond motifs is 1. The normalized spacial score (nSPS) is 12.8. The third kappa shape index (κ3) is 4.45. The van der Waals surface area contributed by atoms with Gasteiger partial charge in [0.25, 0.3) is 0 Å². The van der Waals surface area contributed by atoms with E-state index in [0.717, 1.165) is 22.3 Å². The number of aryl methyl sites for hydroxylation is 2. The monoisotopic (exact) mass is 366 g/mol. The maximum atomic E-state index is 12.2. The number of hydrogen-bond donors (Lipinski definition) is 1. The topological polar surface area (TPSA) is 69.0 Å². The Morgan fingerprint density at radius 3 is 2.59 bits per heavy atom. The first-order valence-corrected chi connectivity index (χ1v) is 9.07. The molecule has 0 aliphatic heterocycles. The van der Waals surface area contributed by atoms with Crippen molar-refractivity contribution >= 4 is 17.1 Å². The largest absolute Gasteiger partial charge is 0.444 e. The van der Waals surface area contributed by atoms with Crippen molar-refractivity contribution in [3.05, 3.63) is 59.7 Å². The highest BCUT2D eigenvalue weighted by Crippen LogP contribution is 2.26. The van der Waals surface area contributed by atoms with E-state index in [-0.39, 0.29) is 6.04 Å². The van der Waals surface area contributed by atoms with Gasteiger partial charge in [-0.2, -0.15) is 0 Å². The van der Waals surface area contributed by atoms with Gasteiger partial charge in [0, 0.05) is 23.8 Å². The lowest BCUT2D eigenvalue weighted by molar-refractivity contribution is 0.0523. The summed E-state index contributed by atoms with van der Waals surface area (Å²) < 4.78 is 7.54. The standard InChI is InChI=1S/C21H26N4O2/c1-14-11-17-12-22-15(2)24-19(17)25(14)18(16-9-7-6-8-10-16)13-23-20(26)27-21(3,4)5/h6-12,18H,13H2,1-5H3,(H,23,26)/t18-/m1/s1. The Labute approximate surface area is 159 Å². The quantitative estimate of drug-likeness (QED) is 0.753. The maximum Gasteiger partial charge on any atom is 0.407 e. The summed E-state index contributed by atoms with van der Waals surface area (Å²) in [7, 11) is 0. The molecule has 3 rings (SSSR count). The lowest BCUT2D eigenvalue weighted by Gasteiger charge is -2.24. The van der Waals surface area contributed by atoms with Crippen LogP contribution in [-0.2, 0) is 4.74 Å². The van der Waals surface area contributed by atoms with Crippen LogP contribution in [-0.4, -0.2) is 32.8 Å². The first kappa shape index (κ1) is 18.9. The number of ether oxygens (including phenoxy) is 1. The van der Waals surface area contributed by atoms with Crippen molar-refractivity contribution in [1.82, 2.24) is 19.9 Å². The van der Waals surface area contributed by atoms with E-state index in [4.69, 9.17) is 4.74 Å². The lowest BCUT2D eigenvalue weighted by Crippen LogP contribution is -2.36. The lowest BCUT2D eigenvalue weighted by atomic mass is 10.1. The summed E-state index contributed by atoms with van der Waals surface area (Å²) in [5.41, 5.74) is 2.47. The van der Waals surface area contributed by atoms with Gasteiger partial charge in [-0.25, -0.2) is 14.8 Å². The van der Waals surface area contributed by atoms with E-state index < -0.39 is 11.7 Å². The minimum Gasteiger partial charge on any atom is -0.444 e. The number of hydrogen-bond acceptors (Lipinski definition) is 4. The van der Waals surface area contributed by atoms with Crippen LogP contribution in [0.2, 0.25) is 0 Å². The molecule has 3 aromatic rings. The van der Waals surface area contributed by atoms with Crippen LogP contribution >= 0.6 is 0 Å². The minimum atomic E-state index is -0.535. The summed E-state index contributed by atoms with van der Waals surface area (Å²) in [5.74, 6) is 0.716. The molecule has 142 valence electrons. The number of rotatable bonds is 4. The fourth-order valence-corrected chi connectivity index (χ4v) is 3.14. The molecule has 2 heterocycles. The van der Waals surface area contributed by atoms with Crippen LogP contribution in [0.4, 0.5) is 4.79 Å². The molecular weight excluding hydrogens is 340 g/mol. The molecule has 0 bridgehead atoms. The van der Waals surface area contributed by atoms with E-state index in [1.54, 1.807) is 0 Å². The number of carbonyl (C=O) groups excluding carboxylic acids is 1. The molecular formula is C21H26N4O2. The molecule has 0 aliphatic rings. The van der Waals surface area contributed by atoms with Crippen LogP contribution in [0.1, 0.15) is 43.9 Å². The van der Waals surface area contributed by atoms with E-state index in [1.165, 1.54) is 0 Å². The maximum absolute atomic E-state index is 12.2. The molecule has 0 radical (unpaired) electrons. The fourth-order valence-electron chi connectivity index (χ4n) is 3.14. The highest BCUT2D eigenvalue weighted by atomic mass is 16.6. The molecule has 0 spiro atoms. The molecule has 0 saturated carbocycles. The molecule has 6 nitrogen and oxygen atoms in total. The highest BCUT2D eigenvalue weighted by molar-refractivity contribution is 5.77. The Morgan fingerprint density at radius 2 is 1.93 bits per heavy atom. The van der Waals surface area contributed by atoms with Crippen LogP contribution in [0.3, 0.4) is 0 Å². The summed E-state index contributed by atoms with van der Waals surface area (Å²) in [6, 6.07) is 12.0. The second-order valence-corrected chi connectivity index (χ2v) is 7.66. The van der Waals surface area contributed by atoms with Crippen LogP contribution < -0.4 is 5.32 Å². The van der Waals surface area contributed by atoms with Crippen molar-refractivity contribution in [2.75, 3.05) is 6.54 Å². The molecule has 0 aliphatic carbocycles. The highest BCUT2D eigenvalue weighted by Gasteiger charge is 2.22. The second-order valence-electron chi connectivity index (χ2n) is 7.66. The number of carbonyl (C=O) groups is 1. The Hall–Kier alpha value is -2.89. The second kappa shape index (κ2) is 7.39. The molecule has 1 atom stereocenters. The molecule has 0 unspecified atom stereocenters. The number of benzene rings is 1. The molecule has 6 heteroatoms. The van der Waals surface area contributed by atoms with Gasteiger partial charge in [0.1, 0.15) is 17.1 Å². The number of aromatic nitrogens is 3. The van der Waals surface area contributed by atoms with Gasteiger partial charge < -0.3 is 14.6 Å². The van der Waals surface area contributed by atoms with Crippen molar-refractivity contribution in [2.24, 2.45) is 0 Å². The third-order valence-electron chi connectivity index (χ3n) is 4.22. The average Bonchev–Trinajstić information content (AvgIpc) is 2.90. The van der Waals surface area contributed by atoms with Crippen molar-refractivity contribution in [3.63, 3.8) is 0 Å². The first-order chi connectivity index (χ1) is 12.7. The minimum absolute atomic E-state index is 0.106. The molecule has 0 saturated heterocycles. The van der Waals surface area contributed by atoms with Gasteiger partial charge in [0.15, 0.2) is 0 Å². The zero-order valence-electron chi connectivity index (χ0n) is 16.5. The SMILES string of the molecule is Cc1ncc2cc(C)n([C@H](CNC(=O)OC(C)(C)C)c3ccccc3)c2n1. The summed E-state index contributed by atoms with van der Waals surface area (Å²) in [6.07, 6.45) is 1.41. The number of amides is 1. The predicted molar refractivity (Wildman–Crippen MR) is 106 cm³/mol. The number of nitrogens with zero attached hydrogens (tertiary/aromatic N) is 3. The Bertz CT molecular complexity index is 942. The zero-order valence-corrected chi connectivity index (χ0v) is 16.5. The fraction of sp³-hybridized carbons (Fsp3) is 0.381. The van der Waals surface area contributed by atoms with E-state index in [1.807, 2.05) is 59.0 Å². The summed E-state index contributed by atoms with van der Waals surface area (Å²) in [6.45, 7) is 9.87. The molecule has 0 fully saturated rings. The molecule has 2 aromatic heterocycles. The van der Waals surface area contributed by atoms with Crippen molar-refractivity contribution < 1.29 is 9.53 Å². The van der Waals surface area contributed by atoms with Gasteiger partial charge in [-0.1, -0.05) is 30.3 Å². The van der Waals surface area contributed by atoms with E-state index in [2.05, 4.69) is 38.1 Å².